The van der Waals surface area contributed by atoms with Gasteiger partial charge in [-0.3, -0.25) is 4.79 Å². The van der Waals surface area contributed by atoms with Crippen LogP contribution in [0.3, 0.4) is 0 Å². The summed E-state index contributed by atoms with van der Waals surface area (Å²) in [5.74, 6) is -1.54. The lowest BCUT2D eigenvalue weighted by Gasteiger charge is -2.09. The first kappa shape index (κ1) is 19.2. The largest absolute Gasteiger partial charge is 0.452 e. The average molecular weight is 403 g/mol. The lowest BCUT2D eigenvalue weighted by molar-refractivity contribution is -0.119. The van der Waals surface area contributed by atoms with Crippen LogP contribution in [0, 0.1) is 0 Å². The molecule has 7 nitrogen and oxygen atoms in total. The highest BCUT2D eigenvalue weighted by molar-refractivity contribution is 7.89. The molecule has 0 unspecified atom stereocenters. The van der Waals surface area contributed by atoms with Crippen LogP contribution < -0.4 is 10.5 Å². The first-order valence-corrected chi connectivity index (χ1v) is 9.02. The second-order valence-corrected chi connectivity index (χ2v) is 7.17. The molecule has 0 aliphatic rings. The number of rotatable bonds is 5. The fourth-order valence-corrected chi connectivity index (χ4v) is 2.96. The normalized spacial score (nSPS) is 11.0. The van der Waals surface area contributed by atoms with E-state index in [0.717, 1.165) is 0 Å². The van der Waals surface area contributed by atoms with E-state index in [4.69, 9.17) is 33.1 Å². The predicted octanol–water partition coefficient (Wildman–Crippen LogP) is 2.44. The van der Waals surface area contributed by atoms with Crippen LogP contribution in [0.5, 0.6) is 0 Å². The minimum absolute atomic E-state index is 0.0464. The van der Waals surface area contributed by atoms with Crippen LogP contribution in [0.4, 0.5) is 5.69 Å². The standard InChI is InChI=1S/C15H12Cl2N2O5S/c16-11-5-2-6-12(17)14(11)15(21)24-8-13(20)19-9-3-1-4-10(7-9)25(18,22)23/h1-7H,8H2,(H,19,20)(H2,18,22,23). The van der Waals surface area contributed by atoms with Crippen LogP contribution in [-0.2, 0) is 19.6 Å². The van der Waals surface area contributed by atoms with Crippen molar-refractivity contribution in [2.75, 3.05) is 11.9 Å². The molecule has 25 heavy (non-hydrogen) atoms. The third-order valence-electron chi connectivity index (χ3n) is 2.95. The molecule has 0 atom stereocenters. The SMILES string of the molecule is NS(=O)(=O)c1cccc(NC(=O)COC(=O)c2c(Cl)cccc2Cl)c1. The lowest BCUT2D eigenvalue weighted by atomic mass is 10.2. The number of nitrogens with one attached hydrogen (secondary N) is 1. The van der Waals surface area contributed by atoms with E-state index in [1.165, 1.54) is 36.4 Å². The van der Waals surface area contributed by atoms with Gasteiger partial charge >= 0.3 is 5.97 Å². The van der Waals surface area contributed by atoms with Crippen molar-refractivity contribution < 1.29 is 22.7 Å². The number of anilines is 1. The number of carbonyl (C=O) groups is 2. The number of esters is 1. The molecule has 0 saturated carbocycles. The van der Waals surface area contributed by atoms with Gasteiger partial charge in [0.25, 0.3) is 5.91 Å². The number of primary sulfonamides is 1. The Kier molecular flexibility index (Phi) is 6.02. The fraction of sp³-hybridized carbons (Fsp3) is 0.0667. The van der Waals surface area contributed by atoms with Crippen molar-refractivity contribution in [3.8, 4) is 0 Å². The monoisotopic (exact) mass is 402 g/mol. The summed E-state index contributed by atoms with van der Waals surface area (Å²) in [5.41, 5.74) is 0.137. The van der Waals surface area contributed by atoms with E-state index in [9.17, 15) is 18.0 Å². The van der Waals surface area contributed by atoms with Crippen LogP contribution in [0.2, 0.25) is 10.0 Å². The number of halogens is 2. The van der Waals surface area contributed by atoms with Crippen LogP contribution in [0.1, 0.15) is 10.4 Å². The predicted molar refractivity (Wildman–Crippen MR) is 93.2 cm³/mol. The number of hydrogen-bond donors (Lipinski definition) is 2. The summed E-state index contributed by atoms with van der Waals surface area (Å²) in [5, 5.41) is 7.59. The molecule has 1 amide bonds. The zero-order chi connectivity index (χ0) is 18.6. The van der Waals surface area contributed by atoms with Gasteiger partial charge in [-0.2, -0.15) is 0 Å². The van der Waals surface area contributed by atoms with Gasteiger partial charge in [-0.15, -0.1) is 0 Å². The first-order chi connectivity index (χ1) is 11.7. The minimum Gasteiger partial charge on any atom is -0.452 e. The van der Waals surface area contributed by atoms with Crippen LogP contribution in [0.25, 0.3) is 0 Å². The molecule has 10 heteroatoms. The van der Waals surface area contributed by atoms with Crippen molar-refractivity contribution in [3.63, 3.8) is 0 Å². The zero-order valence-electron chi connectivity index (χ0n) is 12.5. The van der Waals surface area contributed by atoms with Crippen molar-refractivity contribution in [1.29, 1.82) is 0 Å². The summed E-state index contributed by atoms with van der Waals surface area (Å²) in [6.07, 6.45) is 0. The first-order valence-electron chi connectivity index (χ1n) is 6.72. The molecule has 2 aromatic rings. The van der Waals surface area contributed by atoms with Crippen molar-refractivity contribution >= 4 is 50.8 Å². The number of amides is 1. The Morgan fingerprint density at radius 3 is 2.28 bits per heavy atom. The molecule has 0 radical (unpaired) electrons. The molecule has 2 aromatic carbocycles. The average Bonchev–Trinajstić information content (AvgIpc) is 2.52. The number of hydrogen-bond acceptors (Lipinski definition) is 5. The van der Waals surface area contributed by atoms with Gasteiger partial charge in [0.1, 0.15) is 0 Å². The van der Waals surface area contributed by atoms with E-state index >= 15 is 0 Å². The Bertz CT molecular complexity index is 911. The number of carbonyl (C=O) groups excluding carboxylic acids is 2. The molecule has 0 spiro atoms. The maximum atomic E-state index is 12.0. The molecule has 0 heterocycles. The lowest BCUT2D eigenvalue weighted by Crippen LogP contribution is -2.21. The summed E-state index contributed by atoms with van der Waals surface area (Å²) in [7, 11) is -3.90. The number of sulfonamides is 1. The van der Waals surface area contributed by atoms with Crippen molar-refractivity contribution in [3.05, 3.63) is 58.1 Å². The fourth-order valence-electron chi connectivity index (χ4n) is 1.84. The van der Waals surface area contributed by atoms with E-state index in [2.05, 4.69) is 5.32 Å². The third-order valence-corrected chi connectivity index (χ3v) is 4.49. The highest BCUT2D eigenvalue weighted by atomic mass is 35.5. The van der Waals surface area contributed by atoms with Gasteiger partial charge < -0.3 is 10.1 Å². The molecule has 0 aliphatic carbocycles. The molecule has 0 bridgehead atoms. The van der Waals surface area contributed by atoms with Crippen LogP contribution in [-0.4, -0.2) is 26.9 Å². The van der Waals surface area contributed by atoms with Gasteiger partial charge in [0.2, 0.25) is 10.0 Å². The van der Waals surface area contributed by atoms with Gasteiger partial charge in [-0.05, 0) is 30.3 Å². The van der Waals surface area contributed by atoms with E-state index in [0.29, 0.717) is 0 Å². The van der Waals surface area contributed by atoms with E-state index in [-0.39, 0.29) is 26.2 Å². The Morgan fingerprint density at radius 2 is 1.68 bits per heavy atom. The number of benzene rings is 2. The summed E-state index contributed by atoms with van der Waals surface area (Å²) in [4.78, 5) is 23.6. The molecular weight excluding hydrogens is 391 g/mol. The highest BCUT2D eigenvalue weighted by Gasteiger charge is 2.17. The Balaban J connectivity index is 2.01. The van der Waals surface area contributed by atoms with Crippen molar-refractivity contribution in [1.82, 2.24) is 0 Å². The van der Waals surface area contributed by atoms with E-state index in [1.54, 1.807) is 6.07 Å². The maximum Gasteiger partial charge on any atom is 0.341 e. The third kappa shape index (κ3) is 5.17. The van der Waals surface area contributed by atoms with E-state index in [1.807, 2.05) is 0 Å². The van der Waals surface area contributed by atoms with Crippen LogP contribution >= 0.6 is 23.2 Å². The Morgan fingerprint density at radius 1 is 1.08 bits per heavy atom. The van der Waals surface area contributed by atoms with Crippen molar-refractivity contribution in [2.24, 2.45) is 5.14 Å². The van der Waals surface area contributed by atoms with Gasteiger partial charge in [0.15, 0.2) is 6.61 Å². The second-order valence-electron chi connectivity index (χ2n) is 4.79. The van der Waals surface area contributed by atoms with Crippen LogP contribution in [0.15, 0.2) is 47.4 Å². The number of nitrogens with two attached hydrogens (primary N) is 1. The number of ether oxygens (including phenoxy) is 1. The van der Waals surface area contributed by atoms with Gasteiger partial charge in [0, 0.05) is 5.69 Å². The molecule has 0 fully saturated rings. The molecule has 132 valence electrons. The molecule has 0 saturated heterocycles. The molecule has 3 N–H and O–H groups in total. The summed E-state index contributed by atoms with van der Waals surface area (Å²) >= 11 is 11.8. The van der Waals surface area contributed by atoms with Gasteiger partial charge in [0.05, 0.1) is 20.5 Å². The summed E-state index contributed by atoms with van der Waals surface area (Å²) < 4.78 is 27.4. The molecule has 2 rings (SSSR count). The van der Waals surface area contributed by atoms with Gasteiger partial charge in [-0.1, -0.05) is 35.3 Å². The zero-order valence-corrected chi connectivity index (χ0v) is 14.9. The van der Waals surface area contributed by atoms with E-state index < -0.39 is 28.5 Å². The van der Waals surface area contributed by atoms with Gasteiger partial charge in [-0.25, -0.2) is 18.4 Å². The Labute approximate surface area is 153 Å². The Hall–Kier alpha value is -2.13. The molecule has 0 aliphatic heterocycles. The smallest absolute Gasteiger partial charge is 0.341 e. The maximum absolute atomic E-state index is 12.0. The highest BCUT2D eigenvalue weighted by Crippen LogP contribution is 2.25. The summed E-state index contributed by atoms with van der Waals surface area (Å²) in [6.45, 7) is -0.611. The van der Waals surface area contributed by atoms with Crippen molar-refractivity contribution in [2.45, 2.75) is 4.90 Å². The minimum atomic E-state index is -3.90. The molecule has 0 aromatic heterocycles. The quantitative estimate of drug-likeness (QED) is 0.744. The molecular formula is C15H12Cl2N2O5S. The topological polar surface area (TPSA) is 116 Å². The summed E-state index contributed by atoms with van der Waals surface area (Å²) in [6, 6.07) is 9.81. The second kappa shape index (κ2) is 7.83.